The van der Waals surface area contributed by atoms with E-state index < -0.39 is 22.7 Å². The van der Waals surface area contributed by atoms with Crippen LogP contribution in [0.2, 0.25) is 0 Å². The maximum atomic E-state index is 13.8. The van der Waals surface area contributed by atoms with Crippen LogP contribution in [0.3, 0.4) is 0 Å². The molecule has 0 aromatic carbocycles. The van der Waals surface area contributed by atoms with Crippen molar-refractivity contribution in [3.63, 3.8) is 0 Å². The smallest absolute Gasteiger partial charge is 0.379 e. The van der Waals surface area contributed by atoms with E-state index in [9.17, 15) is 22.8 Å². The SMILES string of the molecule is CO[C@H]1COCC[C@H]1N[C@@H]1C=C[C@@](C(=O)N2CCn3c(cc(C(F)(F)F)cc3=O)C2)(C(C)C)C1. The molecule has 34 heavy (non-hydrogen) atoms. The van der Waals surface area contributed by atoms with Gasteiger partial charge in [0.25, 0.3) is 5.56 Å². The zero-order valence-electron chi connectivity index (χ0n) is 19.7. The number of hydrogen-bond acceptors (Lipinski definition) is 5. The van der Waals surface area contributed by atoms with E-state index in [0.29, 0.717) is 25.7 Å². The van der Waals surface area contributed by atoms with E-state index in [0.717, 1.165) is 12.5 Å². The predicted molar refractivity (Wildman–Crippen MR) is 119 cm³/mol. The monoisotopic (exact) mass is 483 g/mol. The van der Waals surface area contributed by atoms with Gasteiger partial charge in [-0.1, -0.05) is 26.0 Å². The Kier molecular flexibility index (Phi) is 6.94. The molecular weight excluding hydrogens is 451 g/mol. The molecule has 1 aliphatic carbocycles. The molecule has 4 rings (SSSR count). The van der Waals surface area contributed by atoms with Crippen LogP contribution in [0.15, 0.2) is 29.1 Å². The Balaban J connectivity index is 1.52. The van der Waals surface area contributed by atoms with Gasteiger partial charge in [-0.15, -0.1) is 0 Å². The van der Waals surface area contributed by atoms with E-state index >= 15 is 0 Å². The minimum absolute atomic E-state index is 0.0124. The molecule has 1 saturated heterocycles. The number of carbonyl (C=O) groups excluding carboxylic acids is 1. The zero-order chi connectivity index (χ0) is 24.7. The third kappa shape index (κ3) is 4.67. The first-order valence-electron chi connectivity index (χ1n) is 11.7. The van der Waals surface area contributed by atoms with Crippen LogP contribution in [0, 0.1) is 11.3 Å². The first-order chi connectivity index (χ1) is 16.0. The molecular formula is C24H32F3N3O4. The lowest BCUT2D eigenvalue weighted by Crippen LogP contribution is -2.53. The first kappa shape index (κ1) is 24.9. The zero-order valence-corrected chi connectivity index (χ0v) is 19.7. The van der Waals surface area contributed by atoms with Gasteiger partial charge in [0.05, 0.1) is 30.2 Å². The molecule has 0 unspecified atom stereocenters. The Morgan fingerprint density at radius 1 is 1.29 bits per heavy atom. The number of fused-ring (bicyclic) bond motifs is 1. The highest BCUT2D eigenvalue weighted by Gasteiger charge is 2.47. The van der Waals surface area contributed by atoms with Crippen LogP contribution in [0.1, 0.15) is 37.9 Å². The van der Waals surface area contributed by atoms with Crippen LogP contribution in [-0.4, -0.2) is 60.4 Å². The number of pyridine rings is 1. The molecule has 1 aromatic heterocycles. The second-order valence-electron chi connectivity index (χ2n) is 9.73. The van der Waals surface area contributed by atoms with Gasteiger partial charge in [-0.2, -0.15) is 13.2 Å². The van der Waals surface area contributed by atoms with E-state index in [1.807, 2.05) is 26.0 Å². The van der Waals surface area contributed by atoms with Crippen LogP contribution in [0.4, 0.5) is 13.2 Å². The summed E-state index contributed by atoms with van der Waals surface area (Å²) in [6, 6.07) is 1.69. The maximum absolute atomic E-state index is 13.8. The molecule has 1 aromatic rings. The van der Waals surface area contributed by atoms with Gasteiger partial charge in [-0.05, 0) is 24.8 Å². The number of ether oxygens (including phenoxy) is 2. The second kappa shape index (κ2) is 9.47. The van der Waals surface area contributed by atoms with Crippen molar-refractivity contribution in [2.45, 2.75) is 64.1 Å². The van der Waals surface area contributed by atoms with Crippen molar-refractivity contribution in [1.29, 1.82) is 0 Å². The third-order valence-corrected chi connectivity index (χ3v) is 7.42. The summed E-state index contributed by atoms with van der Waals surface area (Å²) in [6.45, 7) is 5.57. The molecule has 3 heterocycles. The molecule has 2 aliphatic heterocycles. The van der Waals surface area contributed by atoms with Gasteiger partial charge in [0.2, 0.25) is 5.91 Å². The summed E-state index contributed by atoms with van der Waals surface area (Å²) in [5.41, 5.74) is -2.23. The summed E-state index contributed by atoms with van der Waals surface area (Å²) in [4.78, 5) is 27.6. The summed E-state index contributed by atoms with van der Waals surface area (Å²) < 4.78 is 52.1. The van der Waals surface area contributed by atoms with Gasteiger partial charge < -0.3 is 24.3 Å². The Morgan fingerprint density at radius 2 is 2.06 bits per heavy atom. The predicted octanol–water partition coefficient (Wildman–Crippen LogP) is 2.57. The maximum Gasteiger partial charge on any atom is 0.416 e. The lowest BCUT2D eigenvalue weighted by Gasteiger charge is -2.40. The third-order valence-electron chi connectivity index (χ3n) is 7.42. The summed E-state index contributed by atoms with van der Waals surface area (Å²) >= 11 is 0. The molecule has 3 aliphatic rings. The van der Waals surface area contributed by atoms with Crippen molar-refractivity contribution < 1.29 is 27.4 Å². The van der Waals surface area contributed by atoms with E-state index in [2.05, 4.69) is 5.32 Å². The average molecular weight is 484 g/mol. The molecule has 1 N–H and O–H groups in total. The molecule has 188 valence electrons. The van der Waals surface area contributed by atoms with E-state index in [1.165, 1.54) is 4.57 Å². The number of methoxy groups -OCH3 is 1. The average Bonchev–Trinajstić information content (AvgIpc) is 3.23. The number of aromatic nitrogens is 1. The Labute approximate surface area is 196 Å². The second-order valence-corrected chi connectivity index (χ2v) is 9.73. The Hall–Kier alpha value is -2.17. The number of amides is 1. The summed E-state index contributed by atoms with van der Waals surface area (Å²) in [6.07, 6.45) is 0.661. The fourth-order valence-corrected chi connectivity index (χ4v) is 5.31. The molecule has 0 saturated carbocycles. The highest BCUT2D eigenvalue weighted by molar-refractivity contribution is 5.86. The minimum Gasteiger partial charge on any atom is -0.379 e. The van der Waals surface area contributed by atoms with Gasteiger partial charge in [0, 0.05) is 50.7 Å². The van der Waals surface area contributed by atoms with E-state index in [-0.39, 0.29) is 55.3 Å². The molecule has 0 spiro atoms. The number of halogens is 3. The number of nitrogens with one attached hydrogen (secondary N) is 1. The normalized spacial score (nSPS) is 29.5. The molecule has 0 bridgehead atoms. The van der Waals surface area contributed by atoms with Gasteiger partial charge in [0.15, 0.2) is 0 Å². The lowest BCUT2D eigenvalue weighted by molar-refractivity contribution is -0.143. The van der Waals surface area contributed by atoms with Crippen molar-refractivity contribution in [3.8, 4) is 0 Å². The van der Waals surface area contributed by atoms with Crippen LogP contribution in [0.25, 0.3) is 0 Å². The van der Waals surface area contributed by atoms with Crippen molar-refractivity contribution in [2.24, 2.45) is 11.3 Å². The fraction of sp³-hybridized carbons (Fsp3) is 0.667. The van der Waals surface area contributed by atoms with Gasteiger partial charge in [-0.25, -0.2) is 0 Å². The van der Waals surface area contributed by atoms with Crippen LogP contribution < -0.4 is 10.9 Å². The number of hydrogen-bond donors (Lipinski definition) is 1. The molecule has 10 heteroatoms. The van der Waals surface area contributed by atoms with E-state index in [4.69, 9.17) is 9.47 Å². The Morgan fingerprint density at radius 3 is 2.74 bits per heavy atom. The van der Waals surface area contributed by atoms with Crippen LogP contribution >= 0.6 is 0 Å². The van der Waals surface area contributed by atoms with Gasteiger partial charge in [0.1, 0.15) is 0 Å². The molecule has 7 nitrogen and oxygen atoms in total. The Bertz CT molecular complexity index is 1010. The highest BCUT2D eigenvalue weighted by atomic mass is 19.4. The summed E-state index contributed by atoms with van der Waals surface area (Å²) in [5.74, 6) is -0.129. The number of alkyl halides is 3. The van der Waals surface area contributed by atoms with E-state index in [1.54, 1.807) is 12.0 Å². The molecule has 1 amide bonds. The topological polar surface area (TPSA) is 72.8 Å². The van der Waals surface area contributed by atoms with Crippen LogP contribution in [0.5, 0.6) is 0 Å². The van der Waals surface area contributed by atoms with Crippen molar-refractivity contribution in [2.75, 3.05) is 26.9 Å². The summed E-state index contributed by atoms with van der Waals surface area (Å²) in [7, 11) is 1.66. The number of carbonyl (C=O) groups is 1. The van der Waals surface area contributed by atoms with Gasteiger partial charge in [-0.3, -0.25) is 9.59 Å². The standard InChI is InChI=1S/C24H32F3N3O4/c1-15(2)23(6-4-17(12-23)28-19-5-9-34-14-20(19)33-3)22(32)29-7-8-30-18(13-29)10-16(11-21(30)31)24(25,26)27/h4,6,10-11,15,17,19-20,28H,5,7-9,12-14H2,1-3H3/t17-,19-,20+,23+/m1/s1. The fourth-order valence-electron chi connectivity index (χ4n) is 5.31. The lowest BCUT2D eigenvalue weighted by atomic mass is 9.74. The van der Waals surface area contributed by atoms with Crippen molar-refractivity contribution in [1.82, 2.24) is 14.8 Å². The van der Waals surface area contributed by atoms with Gasteiger partial charge >= 0.3 is 6.18 Å². The minimum atomic E-state index is -4.61. The molecule has 4 atom stereocenters. The van der Waals surface area contributed by atoms with Crippen LogP contribution in [-0.2, 0) is 33.5 Å². The number of rotatable bonds is 5. The largest absolute Gasteiger partial charge is 0.416 e. The summed E-state index contributed by atoms with van der Waals surface area (Å²) in [5, 5.41) is 3.60. The molecule has 0 radical (unpaired) electrons. The first-order valence-corrected chi connectivity index (χ1v) is 11.7. The highest BCUT2D eigenvalue weighted by Crippen LogP contribution is 2.42. The number of nitrogens with zero attached hydrogens (tertiary/aromatic N) is 2. The quantitative estimate of drug-likeness (QED) is 0.652. The molecule has 1 fully saturated rings. The van der Waals surface area contributed by atoms with Crippen molar-refractivity contribution in [3.05, 3.63) is 45.9 Å². The van der Waals surface area contributed by atoms with Crippen molar-refractivity contribution >= 4 is 5.91 Å².